The molecule has 0 fully saturated rings. The molecule has 0 aliphatic carbocycles. The number of benzene rings is 2. The van der Waals surface area contributed by atoms with Gasteiger partial charge in [0.25, 0.3) is 0 Å². The molecule has 0 saturated carbocycles. The first-order chi connectivity index (χ1) is 13.6. The molecular weight excluding hydrogens is 408 g/mol. The number of rotatable bonds is 8. The Bertz CT molecular complexity index is 967. The fourth-order valence-corrected chi connectivity index (χ4v) is 4.77. The summed E-state index contributed by atoms with van der Waals surface area (Å²) in [4.78, 5) is 13.2. The molecule has 1 unspecified atom stereocenters. The predicted octanol–water partition coefficient (Wildman–Crippen LogP) is 4.96. The van der Waals surface area contributed by atoms with Crippen LogP contribution in [0.4, 0.5) is 11.4 Å². The van der Waals surface area contributed by atoms with Crippen LogP contribution in [0.5, 0.6) is 0 Å². The van der Waals surface area contributed by atoms with Crippen LogP contribution in [0, 0.1) is 6.92 Å². The second-order valence-corrected chi connectivity index (χ2v) is 9.33. The van der Waals surface area contributed by atoms with E-state index in [1.165, 1.54) is 0 Å². The molecule has 0 aromatic heterocycles. The molecule has 2 aromatic carbocycles. The summed E-state index contributed by atoms with van der Waals surface area (Å²) >= 11 is 6.22. The molecule has 7 heteroatoms. The van der Waals surface area contributed by atoms with E-state index >= 15 is 0 Å². The van der Waals surface area contributed by atoms with Crippen molar-refractivity contribution in [3.63, 3.8) is 0 Å². The highest BCUT2D eigenvalue weighted by atomic mass is 35.5. The molecule has 29 heavy (non-hydrogen) atoms. The van der Waals surface area contributed by atoms with Crippen molar-refractivity contribution in [3.8, 4) is 0 Å². The molecule has 0 spiro atoms. The van der Waals surface area contributed by atoms with Gasteiger partial charge in [-0.2, -0.15) is 0 Å². The number of hydrogen-bond donors (Lipinski definition) is 1. The van der Waals surface area contributed by atoms with Gasteiger partial charge in [-0.05, 0) is 55.0 Å². The number of nitrogens with one attached hydrogen (secondary N) is 1. The van der Waals surface area contributed by atoms with E-state index in [0.717, 1.165) is 45.8 Å². The smallest absolute Gasteiger partial charge is 0.248 e. The zero-order valence-electron chi connectivity index (χ0n) is 17.6. The number of anilines is 2. The second-order valence-electron chi connectivity index (χ2n) is 7.06. The number of aryl methyl sites for hydroxylation is 3. The normalized spacial score (nSPS) is 12.5. The lowest BCUT2D eigenvalue weighted by atomic mass is 10.0. The Labute approximate surface area is 179 Å². The second kappa shape index (κ2) is 9.63. The Morgan fingerprint density at radius 2 is 1.69 bits per heavy atom. The van der Waals surface area contributed by atoms with Gasteiger partial charge in [0.1, 0.15) is 6.04 Å². The minimum atomic E-state index is -3.71. The molecule has 0 bridgehead atoms. The van der Waals surface area contributed by atoms with Crippen molar-refractivity contribution >= 4 is 38.9 Å². The molecule has 2 aromatic rings. The van der Waals surface area contributed by atoms with Crippen LogP contribution in [0.3, 0.4) is 0 Å². The summed E-state index contributed by atoms with van der Waals surface area (Å²) in [5, 5.41) is 3.46. The average Bonchev–Trinajstić information content (AvgIpc) is 2.67. The van der Waals surface area contributed by atoms with Crippen LogP contribution in [-0.2, 0) is 27.7 Å². The third-order valence-corrected chi connectivity index (χ3v) is 6.57. The van der Waals surface area contributed by atoms with Crippen LogP contribution < -0.4 is 9.62 Å². The number of halogens is 1. The zero-order chi connectivity index (χ0) is 21.8. The quantitative estimate of drug-likeness (QED) is 0.636. The third kappa shape index (κ3) is 5.31. The predicted molar refractivity (Wildman–Crippen MR) is 121 cm³/mol. The van der Waals surface area contributed by atoms with E-state index in [-0.39, 0.29) is 5.91 Å². The van der Waals surface area contributed by atoms with Gasteiger partial charge in [-0.25, -0.2) is 8.42 Å². The summed E-state index contributed by atoms with van der Waals surface area (Å²) in [5.41, 5.74) is 4.04. The standard InChI is InChI=1S/C22H29ClN2O3S/c1-6-16-10-9-11-17(7-2)21(16)24-22(26)20(8-3)25(29(5,27)28)18-13-12-15(4)19(23)14-18/h9-14,20H,6-8H2,1-5H3,(H,24,26). The Hall–Kier alpha value is -2.05. The molecule has 5 nitrogen and oxygen atoms in total. The van der Waals surface area contributed by atoms with Gasteiger partial charge in [0.05, 0.1) is 11.9 Å². The van der Waals surface area contributed by atoms with Crippen molar-refractivity contribution in [2.45, 2.75) is 53.0 Å². The van der Waals surface area contributed by atoms with Gasteiger partial charge < -0.3 is 5.32 Å². The van der Waals surface area contributed by atoms with Crippen molar-refractivity contribution in [3.05, 3.63) is 58.1 Å². The lowest BCUT2D eigenvalue weighted by Crippen LogP contribution is -2.47. The largest absolute Gasteiger partial charge is 0.324 e. The van der Waals surface area contributed by atoms with E-state index in [2.05, 4.69) is 5.32 Å². The van der Waals surface area contributed by atoms with Crippen LogP contribution in [0.15, 0.2) is 36.4 Å². The number of para-hydroxylation sites is 1. The monoisotopic (exact) mass is 436 g/mol. The number of hydrogen-bond acceptors (Lipinski definition) is 3. The van der Waals surface area contributed by atoms with Crippen molar-refractivity contribution in [1.82, 2.24) is 0 Å². The van der Waals surface area contributed by atoms with Gasteiger partial charge in [0, 0.05) is 10.7 Å². The van der Waals surface area contributed by atoms with Crippen molar-refractivity contribution < 1.29 is 13.2 Å². The Kier molecular flexibility index (Phi) is 7.72. The topological polar surface area (TPSA) is 66.5 Å². The van der Waals surface area contributed by atoms with Crippen LogP contribution in [0.1, 0.15) is 43.9 Å². The molecule has 0 aliphatic heterocycles. The molecule has 2 rings (SSSR count). The fourth-order valence-electron chi connectivity index (χ4n) is 3.39. The molecular formula is C22H29ClN2O3S. The highest BCUT2D eigenvalue weighted by molar-refractivity contribution is 7.92. The minimum Gasteiger partial charge on any atom is -0.324 e. The Balaban J connectivity index is 2.48. The Morgan fingerprint density at radius 3 is 2.14 bits per heavy atom. The van der Waals surface area contributed by atoms with E-state index in [9.17, 15) is 13.2 Å². The maximum absolute atomic E-state index is 13.2. The summed E-state index contributed by atoms with van der Waals surface area (Å²) in [6.07, 6.45) is 2.96. The Morgan fingerprint density at radius 1 is 1.10 bits per heavy atom. The summed E-state index contributed by atoms with van der Waals surface area (Å²) < 4.78 is 26.4. The first-order valence-electron chi connectivity index (χ1n) is 9.81. The van der Waals surface area contributed by atoms with Crippen LogP contribution in [-0.4, -0.2) is 26.6 Å². The summed E-state index contributed by atoms with van der Waals surface area (Å²) in [6.45, 7) is 7.69. The maximum Gasteiger partial charge on any atom is 0.248 e. The molecule has 1 amide bonds. The molecule has 1 atom stereocenters. The van der Waals surface area contributed by atoms with Gasteiger partial charge in [0.2, 0.25) is 15.9 Å². The van der Waals surface area contributed by atoms with E-state index in [4.69, 9.17) is 11.6 Å². The van der Waals surface area contributed by atoms with Crippen molar-refractivity contribution in [1.29, 1.82) is 0 Å². The highest BCUT2D eigenvalue weighted by Gasteiger charge is 2.32. The minimum absolute atomic E-state index is 0.320. The maximum atomic E-state index is 13.2. The third-order valence-electron chi connectivity index (χ3n) is 4.99. The van der Waals surface area contributed by atoms with Gasteiger partial charge in [-0.15, -0.1) is 0 Å². The highest BCUT2D eigenvalue weighted by Crippen LogP contribution is 2.29. The van der Waals surface area contributed by atoms with E-state index in [1.54, 1.807) is 25.1 Å². The van der Waals surface area contributed by atoms with Crippen molar-refractivity contribution in [2.75, 3.05) is 15.9 Å². The SMILES string of the molecule is CCc1cccc(CC)c1NC(=O)C(CC)N(c1ccc(C)c(Cl)c1)S(C)(=O)=O. The van der Waals surface area contributed by atoms with Gasteiger partial charge in [-0.1, -0.05) is 56.6 Å². The van der Waals surface area contributed by atoms with Crippen LogP contribution in [0.25, 0.3) is 0 Å². The summed E-state index contributed by atoms with van der Waals surface area (Å²) in [5.74, 6) is -0.356. The molecule has 0 aliphatic rings. The van der Waals surface area contributed by atoms with E-state index in [1.807, 2.05) is 39.0 Å². The van der Waals surface area contributed by atoms with Gasteiger partial charge in [-0.3, -0.25) is 9.10 Å². The first kappa shape index (κ1) is 23.2. The lowest BCUT2D eigenvalue weighted by molar-refractivity contribution is -0.117. The number of carbonyl (C=O) groups excluding carboxylic acids is 1. The fraction of sp³-hybridized carbons (Fsp3) is 0.409. The van der Waals surface area contributed by atoms with Crippen molar-refractivity contribution in [2.24, 2.45) is 0 Å². The number of sulfonamides is 1. The average molecular weight is 437 g/mol. The summed E-state index contributed by atoms with van der Waals surface area (Å²) in [6, 6.07) is 10.1. The van der Waals surface area contributed by atoms with Crippen LogP contribution in [0.2, 0.25) is 5.02 Å². The molecule has 0 saturated heterocycles. The van der Waals surface area contributed by atoms with Gasteiger partial charge >= 0.3 is 0 Å². The van der Waals surface area contributed by atoms with Crippen LogP contribution >= 0.6 is 11.6 Å². The molecule has 1 N–H and O–H groups in total. The van der Waals surface area contributed by atoms with E-state index in [0.29, 0.717) is 17.1 Å². The lowest BCUT2D eigenvalue weighted by Gasteiger charge is -2.31. The molecule has 158 valence electrons. The van der Waals surface area contributed by atoms with E-state index < -0.39 is 16.1 Å². The number of nitrogens with zero attached hydrogens (tertiary/aromatic N) is 1. The molecule has 0 radical (unpaired) electrons. The summed E-state index contributed by atoms with van der Waals surface area (Å²) in [7, 11) is -3.71. The first-order valence-corrected chi connectivity index (χ1v) is 12.0. The zero-order valence-corrected chi connectivity index (χ0v) is 19.2. The number of carbonyl (C=O) groups is 1. The molecule has 0 heterocycles. The number of amides is 1. The van der Waals surface area contributed by atoms with Gasteiger partial charge in [0.15, 0.2) is 0 Å².